The summed E-state index contributed by atoms with van der Waals surface area (Å²) in [6.07, 6.45) is 4.06. The molecule has 146 valence electrons. The number of carbonyl (C=O) groups is 2. The van der Waals surface area contributed by atoms with Crippen molar-refractivity contribution < 1.29 is 24.2 Å². The van der Waals surface area contributed by atoms with Crippen LogP contribution >= 0.6 is 0 Å². The molecule has 7 nitrogen and oxygen atoms in total. The van der Waals surface area contributed by atoms with Crippen molar-refractivity contribution in [3.8, 4) is 0 Å². The Morgan fingerprint density at radius 3 is 2.46 bits per heavy atom. The Morgan fingerprint density at radius 1 is 1.15 bits per heavy atom. The Morgan fingerprint density at radius 2 is 1.85 bits per heavy atom. The summed E-state index contributed by atoms with van der Waals surface area (Å²) in [7, 11) is 2.82. The average Bonchev–Trinajstić information content (AvgIpc) is 2.58. The molecule has 0 saturated carbocycles. The molecule has 1 rings (SSSR count). The van der Waals surface area contributed by atoms with Crippen molar-refractivity contribution in [3.05, 3.63) is 29.8 Å². The molecule has 7 heteroatoms. The van der Waals surface area contributed by atoms with Crippen LogP contribution in [0.3, 0.4) is 0 Å². The first kappa shape index (κ1) is 21.9. The fourth-order valence-electron chi connectivity index (χ4n) is 2.82. The van der Waals surface area contributed by atoms with Crippen LogP contribution in [-0.4, -0.2) is 43.5 Å². The van der Waals surface area contributed by atoms with E-state index in [4.69, 9.17) is 20.3 Å². The Bertz CT molecular complexity index is 561. The molecule has 0 aliphatic rings. The number of amides is 1. The summed E-state index contributed by atoms with van der Waals surface area (Å²) in [6.45, 7) is 0. The van der Waals surface area contributed by atoms with Gasteiger partial charge in [-0.25, -0.2) is 0 Å². The molecule has 0 spiro atoms. The maximum atomic E-state index is 12.0. The molecule has 0 unspecified atom stereocenters. The summed E-state index contributed by atoms with van der Waals surface area (Å²) < 4.78 is 10.1. The van der Waals surface area contributed by atoms with E-state index >= 15 is 0 Å². The van der Waals surface area contributed by atoms with Gasteiger partial charge in [0.25, 0.3) is 0 Å². The fourth-order valence-corrected chi connectivity index (χ4v) is 2.82. The van der Waals surface area contributed by atoms with E-state index in [9.17, 15) is 9.59 Å². The molecule has 0 aliphatic heterocycles. The number of nitrogen functional groups attached to an aromatic ring is 1. The van der Waals surface area contributed by atoms with E-state index < -0.39 is 18.3 Å². The Kier molecular flexibility index (Phi) is 10.3. The number of carboxylic acid groups (broad SMARTS) is 1. The zero-order chi connectivity index (χ0) is 19.4. The molecule has 1 aromatic carbocycles. The van der Waals surface area contributed by atoms with E-state index in [0.29, 0.717) is 6.42 Å². The fraction of sp³-hybridized carbons (Fsp3) is 0.579. The summed E-state index contributed by atoms with van der Waals surface area (Å²) in [6, 6.07) is 7.17. The number of aliphatic carboxylic acids is 1. The van der Waals surface area contributed by atoms with Crippen LogP contribution in [0.5, 0.6) is 0 Å². The van der Waals surface area contributed by atoms with Crippen molar-refractivity contribution >= 4 is 17.6 Å². The number of unbranched alkanes of at least 4 members (excludes halogenated alkanes) is 3. The number of nitrogens with two attached hydrogens (primary N) is 1. The van der Waals surface area contributed by atoms with Crippen molar-refractivity contribution in [2.45, 2.75) is 57.3 Å². The van der Waals surface area contributed by atoms with Crippen molar-refractivity contribution in [3.63, 3.8) is 0 Å². The highest BCUT2D eigenvalue weighted by Crippen LogP contribution is 2.12. The first-order valence-electron chi connectivity index (χ1n) is 8.87. The Labute approximate surface area is 154 Å². The van der Waals surface area contributed by atoms with Gasteiger partial charge in [-0.05, 0) is 37.0 Å². The van der Waals surface area contributed by atoms with Gasteiger partial charge in [0.2, 0.25) is 5.91 Å². The molecule has 0 aliphatic carbocycles. The summed E-state index contributed by atoms with van der Waals surface area (Å²) in [5.74, 6) is -1.21. The second-order valence-corrected chi connectivity index (χ2v) is 6.27. The summed E-state index contributed by atoms with van der Waals surface area (Å²) in [5, 5.41) is 11.6. The van der Waals surface area contributed by atoms with Gasteiger partial charge in [0.15, 0.2) is 6.29 Å². The van der Waals surface area contributed by atoms with Gasteiger partial charge >= 0.3 is 5.97 Å². The second-order valence-electron chi connectivity index (χ2n) is 6.27. The highest BCUT2D eigenvalue weighted by atomic mass is 16.7. The lowest BCUT2D eigenvalue weighted by Gasteiger charge is -2.24. The SMILES string of the molecule is COC(OC)[C@H](CC(=O)O)NC(=O)CCCCCCc1cccc(N)c1. The third-order valence-electron chi connectivity index (χ3n) is 4.10. The number of carboxylic acids is 1. The smallest absolute Gasteiger partial charge is 0.305 e. The van der Waals surface area contributed by atoms with Gasteiger partial charge < -0.3 is 25.6 Å². The van der Waals surface area contributed by atoms with Crippen LogP contribution in [0.25, 0.3) is 0 Å². The first-order chi connectivity index (χ1) is 12.5. The molecule has 1 aromatic rings. The van der Waals surface area contributed by atoms with Gasteiger partial charge in [0, 0.05) is 26.3 Å². The number of anilines is 1. The minimum Gasteiger partial charge on any atom is -0.481 e. The van der Waals surface area contributed by atoms with E-state index in [1.54, 1.807) is 0 Å². The topological polar surface area (TPSA) is 111 Å². The van der Waals surface area contributed by atoms with Gasteiger partial charge in [0.05, 0.1) is 12.5 Å². The maximum Gasteiger partial charge on any atom is 0.305 e. The Hall–Kier alpha value is -2.12. The molecule has 4 N–H and O–H groups in total. The number of nitrogens with one attached hydrogen (secondary N) is 1. The number of ether oxygens (including phenoxy) is 2. The molecule has 1 amide bonds. The predicted octanol–water partition coefficient (Wildman–Crippen LogP) is 2.34. The van der Waals surface area contributed by atoms with Crippen molar-refractivity contribution in [2.75, 3.05) is 20.0 Å². The van der Waals surface area contributed by atoms with Crippen molar-refractivity contribution in [2.24, 2.45) is 0 Å². The number of methoxy groups -OCH3 is 2. The zero-order valence-corrected chi connectivity index (χ0v) is 15.6. The quantitative estimate of drug-likeness (QED) is 0.281. The number of benzene rings is 1. The van der Waals surface area contributed by atoms with Crippen molar-refractivity contribution in [1.82, 2.24) is 5.32 Å². The van der Waals surface area contributed by atoms with Crippen LogP contribution in [0, 0.1) is 0 Å². The van der Waals surface area contributed by atoms with Crippen LogP contribution in [0.2, 0.25) is 0 Å². The molecule has 0 bridgehead atoms. The lowest BCUT2D eigenvalue weighted by Crippen LogP contribution is -2.46. The molecule has 0 radical (unpaired) electrons. The van der Waals surface area contributed by atoms with Crippen LogP contribution in [0.4, 0.5) is 5.69 Å². The zero-order valence-electron chi connectivity index (χ0n) is 15.6. The minimum absolute atomic E-state index is 0.189. The van der Waals surface area contributed by atoms with Crippen LogP contribution in [0.1, 0.15) is 44.1 Å². The summed E-state index contributed by atoms with van der Waals surface area (Å²) in [4.78, 5) is 23.0. The summed E-state index contributed by atoms with van der Waals surface area (Å²) in [5.41, 5.74) is 7.76. The van der Waals surface area contributed by atoms with Gasteiger partial charge in [-0.1, -0.05) is 25.0 Å². The average molecular weight is 366 g/mol. The third-order valence-corrected chi connectivity index (χ3v) is 4.10. The molecule has 0 saturated heterocycles. The molecule has 0 aromatic heterocycles. The maximum absolute atomic E-state index is 12.0. The number of carbonyl (C=O) groups excluding carboxylic acids is 1. The predicted molar refractivity (Wildman–Crippen MR) is 99.6 cm³/mol. The first-order valence-corrected chi connectivity index (χ1v) is 8.87. The van der Waals surface area contributed by atoms with Gasteiger partial charge in [-0.15, -0.1) is 0 Å². The standard InChI is InChI=1S/C19H30N2O5/c1-25-19(26-2)16(13-18(23)24)21-17(22)11-6-4-3-5-8-14-9-7-10-15(20)12-14/h7,9-10,12,16,19H,3-6,8,11,13,20H2,1-2H3,(H,21,22)(H,23,24)/t16-/m0/s1. The van der Waals surface area contributed by atoms with Crippen LogP contribution in [0.15, 0.2) is 24.3 Å². The van der Waals surface area contributed by atoms with E-state index in [2.05, 4.69) is 11.4 Å². The Balaban J connectivity index is 2.24. The lowest BCUT2D eigenvalue weighted by atomic mass is 10.0. The lowest BCUT2D eigenvalue weighted by molar-refractivity contribution is -0.150. The minimum atomic E-state index is -1.02. The van der Waals surface area contributed by atoms with Crippen LogP contribution < -0.4 is 11.1 Å². The van der Waals surface area contributed by atoms with Crippen LogP contribution in [-0.2, 0) is 25.5 Å². The molecular weight excluding hydrogens is 336 g/mol. The normalized spacial score (nSPS) is 12.1. The number of aryl methyl sites for hydroxylation is 1. The molecule has 0 heterocycles. The number of hydrogen-bond acceptors (Lipinski definition) is 5. The highest BCUT2D eigenvalue weighted by Gasteiger charge is 2.25. The second kappa shape index (κ2) is 12.3. The van der Waals surface area contributed by atoms with Gasteiger partial charge in [0.1, 0.15) is 0 Å². The molecular formula is C19H30N2O5. The number of rotatable bonds is 13. The number of hydrogen-bond donors (Lipinski definition) is 3. The largest absolute Gasteiger partial charge is 0.481 e. The molecule has 0 fully saturated rings. The third kappa shape index (κ3) is 8.82. The van der Waals surface area contributed by atoms with E-state index in [1.807, 2.05) is 18.2 Å². The van der Waals surface area contributed by atoms with Crippen molar-refractivity contribution in [1.29, 1.82) is 0 Å². The van der Waals surface area contributed by atoms with E-state index in [-0.39, 0.29) is 12.3 Å². The molecule has 26 heavy (non-hydrogen) atoms. The van der Waals surface area contributed by atoms with E-state index in [0.717, 1.165) is 37.8 Å². The molecule has 1 atom stereocenters. The van der Waals surface area contributed by atoms with E-state index in [1.165, 1.54) is 19.8 Å². The highest BCUT2D eigenvalue weighted by molar-refractivity contribution is 5.77. The summed E-state index contributed by atoms with van der Waals surface area (Å²) >= 11 is 0. The van der Waals surface area contributed by atoms with Gasteiger partial charge in [-0.2, -0.15) is 0 Å². The van der Waals surface area contributed by atoms with Gasteiger partial charge in [-0.3, -0.25) is 9.59 Å². The monoisotopic (exact) mass is 366 g/mol.